The molecule has 0 aliphatic carbocycles. The maximum atomic E-state index is 12.4. The molecule has 29 heavy (non-hydrogen) atoms. The fraction of sp³-hybridized carbons (Fsp3) is 0.526. The van der Waals surface area contributed by atoms with Crippen LogP contribution in [0.1, 0.15) is 34.1 Å². The van der Waals surface area contributed by atoms with Crippen molar-refractivity contribution in [1.82, 2.24) is 19.9 Å². The first-order valence-electron chi connectivity index (χ1n) is 9.35. The van der Waals surface area contributed by atoms with Crippen LogP contribution in [0.5, 0.6) is 0 Å². The molecule has 2 aromatic heterocycles. The van der Waals surface area contributed by atoms with E-state index >= 15 is 0 Å². The molecule has 3 rings (SSSR count). The minimum atomic E-state index is -0.545. The van der Waals surface area contributed by atoms with E-state index in [0.717, 1.165) is 10.9 Å². The number of pyridine rings is 1. The van der Waals surface area contributed by atoms with Crippen molar-refractivity contribution in [1.29, 1.82) is 0 Å². The maximum Gasteiger partial charge on any atom is 0.410 e. The van der Waals surface area contributed by atoms with Gasteiger partial charge in [-0.15, -0.1) is 0 Å². The number of likely N-dealkylation sites (N-methyl/N-ethyl adjacent to an activating group) is 1. The summed E-state index contributed by atoms with van der Waals surface area (Å²) in [5.74, 6) is 0.609. The fourth-order valence-corrected chi connectivity index (χ4v) is 3.46. The monoisotopic (exact) mass is 464 g/mol. The fourth-order valence-electron chi connectivity index (χ4n) is 3.15. The van der Waals surface area contributed by atoms with Crippen molar-refractivity contribution in [2.45, 2.75) is 45.8 Å². The van der Waals surface area contributed by atoms with Crippen LogP contribution in [-0.2, 0) is 9.53 Å². The third kappa shape index (κ3) is 5.11. The standard InChI is InChI=1S/C19H25BrN6O3/c1-11(27)22-17-23-14-8-12(20)9-21-15(14)16(24-17)26-7-6-13(10-26)25(5)18(28)29-19(2,3)4/h8-9,13H,6-7,10H2,1-5H3,(H,22,23,24,27)/t13-/m1/s1. The first kappa shape index (κ1) is 21.2. The molecule has 1 N–H and O–H groups in total. The van der Waals surface area contributed by atoms with E-state index in [1.54, 1.807) is 18.1 Å². The van der Waals surface area contributed by atoms with E-state index in [-0.39, 0.29) is 24.0 Å². The number of hydrogen-bond acceptors (Lipinski definition) is 7. The van der Waals surface area contributed by atoms with Gasteiger partial charge in [0, 0.05) is 37.7 Å². The lowest BCUT2D eigenvalue weighted by Gasteiger charge is -2.28. The molecular weight excluding hydrogens is 440 g/mol. The number of halogens is 1. The highest BCUT2D eigenvalue weighted by Crippen LogP contribution is 2.29. The van der Waals surface area contributed by atoms with Crippen molar-refractivity contribution in [2.75, 3.05) is 30.4 Å². The number of anilines is 2. The van der Waals surface area contributed by atoms with Crippen LogP contribution < -0.4 is 10.2 Å². The molecule has 9 nitrogen and oxygen atoms in total. The number of nitrogens with one attached hydrogen (secondary N) is 1. The molecule has 2 amide bonds. The predicted molar refractivity (Wildman–Crippen MR) is 114 cm³/mol. The van der Waals surface area contributed by atoms with Crippen molar-refractivity contribution in [3.8, 4) is 0 Å². The average Bonchev–Trinajstić information content (AvgIpc) is 3.07. The summed E-state index contributed by atoms with van der Waals surface area (Å²) in [5.41, 5.74) is 0.719. The van der Waals surface area contributed by atoms with Crippen molar-refractivity contribution in [2.24, 2.45) is 0 Å². The summed E-state index contributed by atoms with van der Waals surface area (Å²) in [7, 11) is 1.75. The number of ether oxygens (including phenoxy) is 1. The molecule has 1 aliphatic rings. The Labute approximate surface area is 178 Å². The molecule has 0 spiro atoms. The molecular formula is C19H25BrN6O3. The Morgan fingerprint density at radius 3 is 2.72 bits per heavy atom. The van der Waals surface area contributed by atoms with Gasteiger partial charge in [0.05, 0.1) is 11.6 Å². The number of fused-ring (bicyclic) bond motifs is 1. The number of aromatic nitrogens is 3. The molecule has 156 valence electrons. The van der Waals surface area contributed by atoms with Crippen LogP contribution in [0.4, 0.5) is 16.6 Å². The zero-order valence-corrected chi connectivity index (χ0v) is 18.8. The smallest absolute Gasteiger partial charge is 0.410 e. The van der Waals surface area contributed by atoms with E-state index in [1.807, 2.05) is 26.8 Å². The molecule has 1 aliphatic heterocycles. The summed E-state index contributed by atoms with van der Waals surface area (Å²) in [6.45, 7) is 8.23. The number of hydrogen-bond donors (Lipinski definition) is 1. The topological polar surface area (TPSA) is 101 Å². The summed E-state index contributed by atoms with van der Waals surface area (Å²) in [6.07, 6.45) is 2.11. The lowest BCUT2D eigenvalue weighted by Crippen LogP contribution is -2.42. The second-order valence-electron chi connectivity index (χ2n) is 8.05. The molecule has 3 heterocycles. The molecule has 1 fully saturated rings. The number of carbonyl (C=O) groups is 2. The first-order valence-corrected chi connectivity index (χ1v) is 10.1. The van der Waals surface area contributed by atoms with Gasteiger partial charge in [0.15, 0.2) is 5.82 Å². The van der Waals surface area contributed by atoms with Crippen LogP contribution in [0.15, 0.2) is 16.7 Å². The van der Waals surface area contributed by atoms with E-state index < -0.39 is 5.60 Å². The SMILES string of the molecule is CC(=O)Nc1nc(N2CC[C@@H](N(C)C(=O)OC(C)(C)C)C2)c2ncc(Br)cc2n1. The zero-order valence-electron chi connectivity index (χ0n) is 17.2. The summed E-state index contributed by atoms with van der Waals surface area (Å²) < 4.78 is 6.26. The Morgan fingerprint density at radius 2 is 2.07 bits per heavy atom. The predicted octanol–water partition coefficient (Wildman–Crippen LogP) is 3.19. The molecule has 10 heteroatoms. The summed E-state index contributed by atoms with van der Waals surface area (Å²) >= 11 is 3.40. The van der Waals surface area contributed by atoms with Crippen molar-refractivity contribution in [3.05, 3.63) is 16.7 Å². The minimum Gasteiger partial charge on any atom is -0.444 e. The summed E-state index contributed by atoms with van der Waals surface area (Å²) in [5, 5.41) is 2.64. The normalized spacial score (nSPS) is 16.8. The molecule has 0 bridgehead atoms. The van der Waals surface area contributed by atoms with Crippen LogP contribution in [0.25, 0.3) is 11.0 Å². The van der Waals surface area contributed by atoms with Crippen LogP contribution in [-0.4, -0.2) is 63.6 Å². The van der Waals surface area contributed by atoms with Gasteiger partial charge in [-0.25, -0.2) is 14.8 Å². The van der Waals surface area contributed by atoms with Gasteiger partial charge in [-0.2, -0.15) is 4.98 Å². The quantitative estimate of drug-likeness (QED) is 0.743. The van der Waals surface area contributed by atoms with Crippen LogP contribution in [0, 0.1) is 0 Å². The van der Waals surface area contributed by atoms with Gasteiger partial charge in [0.2, 0.25) is 11.9 Å². The van der Waals surface area contributed by atoms with E-state index in [0.29, 0.717) is 29.9 Å². The Hall–Kier alpha value is -2.49. The lowest BCUT2D eigenvalue weighted by atomic mass is 10.2. The van der Waals surface area contributed by atoms with Gasteiger partial charge in [-0.1, -0.05) is 0 Å². The molecule has 0 unspecified atom stereocenters. The molecule has 0 saturated carbocycles. The second kappa shape index (κ2) is 8.10. The van der Waals surface area contributed by atoms with E-state index in [1.165, 1.54) is 6.92 Å². The first-order chi connectivity index (χ1) is 13.5. The van der Waals surface area contributed by atoms with Gasteiger partial charge in [0.25, 0.3) is 0 Å². The van der Waals surface area contributed by atoms with Crippen LogP contribution >= 0.6 is 15.9 Å². The van der Waals surface area contributed by atoms with Gasteiger partial charge in [-0.05, 0) is 49.2 Å². The highest BCUT2D eigenvalue weighted by molar-refractivity contribution is 9.10. The van der Waals surface area contributed by atoms with Crippen molar-refractivity contribution in [3.63, 3.8) is 0 Å². The average molecular weight is 465 g/mol. The van der Waals surface area contributed by atoms with Crippen LogP contribution in [0.2, 0.25) is 0 Å². The Morgan fingerprint density at radius 1 is 1.34 bits per heavy atom. The van der Waals surface area contributed by atoms with Crippen molar-refractivity contribution < 1.29 is 14.3 Å². The van der Waals surface area contributed by atoms with E-state index in [9.17, 15) is 9.59 Å². The summed E-state index contributed by atoms with van der Waals surface area (Å²) in [6, 6.07) is 1.81. The second-order valence-corrected chi connectivity index (χ2v) is 8.97. The molecule has 1 saturated heterocycles. The molecule has 1 atom stereocenters. The molecule has 2 aromatic rings. The number of amides is 2. The highest BCUT2D eigenvalue weighted by Gasteiger charge is 2.32. The Kier molecular flexibility index (Phi) is 5.92. The molecule has 0 aromatic carbocycles. The third-order valence-corrected chi connectivity index (χ3v) is 4.90. The van der Waals surface area contributed by atoms with Crippen molar-refractivity contribution >= 4 is 50.7 Å². The number of rotatable bonds is 3. The van der Waals surface area contributed by atoms with Gasteiger partial charge in [0.1, 0.15) is 11.1 Å². The van der Waals surface area contributed by atoms with Crippen LogP contribution in [0.3, 0.4) is 0 Å². The number of nitrogens with zero attached hydrogens (tertiary/aromatic N) is 5. The highest BCUT2D eigenvalue weighted by atomic mass is 79.9. The third-order valence-electron chi connectivity index (χ3n) is 4.46. The lowest BCUT2D eigenvalue weighted by molar-refractivity contribution is -0.114. The van der Waals surface area contributed by atoms with E-state index in [2.05, 4.69) is 41.1 Å². The van der Waals surface area contributed by atoms with E-state index in [4.69, 9.17) is 4.74 Å². The van der Waals surface area contributed by atoms with Gasteiger partial charge < -0.3 is 14.5 Å². The zero-order chi connectivity index (χ0) is 21.3. The minimum absolute atomic E-state index is 0.0190. The summed E-state index contributed by atoms with van der Waals surface area (Å²) in [4.78, 5) is 41.0. The Balaban J connectivity index is 1.87. The molecule has 0 radical (unpaired) electrons. The maximum absolute atomic E-state index is 12.4. The van der Waals surface area contributed by atoms with Gasteiger partial charge in [-0.3, -0.25) is 10.1 Å². The Bertz CT molecular complexity index is 945. The number of carbonyl (C=O) groups excluding carboxylic acids is 2. The largest absolute Gasteiger partial charge is 0.444 e. The van der Waals surface area contributed by atoms with Gasteiger partial charge >= 0.3 is 6.09 Å².